The topological polar surface area (TPSA) is 112 Å². The number of benzene rings is 2. The molecule has 0 aliphatic rings. The maximum absolute atomic E-state index is 12.2. The minimum Gasteiger partial charge on any atom is -0.483 e. The van der Waals surface area contributed by atoms with Crippen molar-refractivity contribution in [3.8, 4) is 28.6 Å². The van der Waals surface area contributed by atoms with E-state index in [2.05, 4.69) is 25.7 Å². The summed E-state index contributed by atoms with van der Waals surface area (Å²) in [4.78, 5) is 16.6. The lowest BCUT2D eigenvalue weighted by Crippen LogP contribution is -2.20. The van der Waals surface area contributed by atoms with E-state index in [0.29, 0.717) is 39.8 Å². The molecule has 4 rings (SSSR count). The van der Waals surface area contributed by atoms with E-state index in [1.807, 2.05) is 36.4 Å². The predicted molar refractivity (Wildman–Crippen MR) is 110 cm³/mol. The molecule has 0 saturated heterocycles. The lowest BCUT2D eigenvalue weighted by Gasteiger charge is -2.08. The molecule has 0 unspecified atom stereocenters. The molecule has 0 saturated carbocycles. The molecule has 1 N–H and O–H groups in total. The third-order valence-electron chi connectivity index (χ3n) is 3.92. The summed E-state index contributed by atoms with van der Waals surface area (Å²) >= 11 is 1.24. The third kappa shape index (κ3) is 4.67. The number of carbonyl (C=O) groups excluding carboxylic acids is 1. The van der Waals surface area contributed by atoms with Crippen LogP contribution in [0.3, 0.4) is 0 Å². The van der Waals surface area contributed by atoms with Gasteiger partial charge in [-0.05, 0) is 12.1 Å². The average Bonchev–Trinajstić information content (AvgIpc) is 3.43. The van der Waals surface area contributed by atoms with Crippen molar-refractivity contribution < 1.29 is 18.8 Å². The Kier molecular flexibility index (Phi) is 6.06. The molecule has 0 spiro atoms. The minimum absolute atomic E-state index is 0.212. The highest BCUT2D eigenvalue weighted by Gasteiger charge is 2.16. The second kappa shape index (κ2) is 9.25. The number of aromatic nitrogens is 4. The van der Waals surface area contributed by atoms with Gasteiger partial charge in [0.25, 0.3) is 11.8 Å². The van der Waals surface area contributed by atoms with Crippen LogP contribution >= 0.6 is 11.3 Å². The SMILES string of the molecule is COCc1nnc(NC(=O)COc2ccccc2-c2nc(-c3ccccc3)no2)s1. The van der Waals surface area contributed by atoms with Gasteiger partial charge >= 0.3 is 0 Å². The standard InChI is InChI=1S/C20H17N5O4S/c1-27-12-17-23-24-20(30-17)21-16(26)11-28-15-10-6-5-9-14(15)19-22-18(25-29-19)13-7-3-2-4-8-13/h2-10H,11-12H2,1H3,(H,21,24,26). The first-order valence-electron chi connectivity index (χ1n) is 8.95. The Bertz CT molecular complexity index is 1130. The molecular weight excluding hydrogens is 406 g/mol. The fourth-order valence-electron chi connectivity index (χ4n) is 2.59. The summed E-state index contributed by atoms with van der Waals surface area (Å²) in [5.74, 6) is 0.869. The lowest BCUT2D eigenvalue weighted by molar-refractivity contribution is -0.118. The molecule has 4 aromatic rings. The van der Waals surface area contributed by atoms with E-state index in [1.165, 1.54) is 11.3 Å². The summed E-state index contributed by atoms with van der Waals surface area (Å²) in [6.07, 6.45) is 0. The van der Waals surface area contributed by atoms with E-state index in [4.69, 9.17) is 14.0 Å². The molecular formula is C20H17N5O4S. The molecule has 152 valence electrons. The van der Waals surface area contributed by atoms with E-state index in [-0.39, 0.29) is 12.5 Å². The number of amides is 1. The van der Waals surface area contributed by atoms with E-state index in [1.54, 1.807) is 25.3 Å². The zero-order chi connectivity index (χ0) is 20.8. The summed E-state index contributed by atoms with van der Waals surface area (Å²) in [7, 11) is 1.57. The normalized spacial score (nSPS) is 10.7. The summed E-state index contributed by atoms with van der Waals surface area (Å²) in [6.45, 7) is 0.127. The smallest absolute Gasteiger partial charge is 0.264 e. The molecule has 0 aliphatic carbocycles. The summed E-state index contributed by atoms with van der Waals surface area (Å²) in [5.41, 5.74) is 1.44. The first kappa shape index (κ1) is 19.7. The van der Waals surface area contributed by atoms with Crippen molar-refractivity contribution >= 4 is 22.4 Å². The van der Waals surface area contributed by atoms with Crippen molar-refractivity contribution in [1.29, 1.82) is 0 Å². The number of carbonyl (C=O) groups is 1. The largest absolute Gasteiger partial charge is 0.483 e. The van der Waals surface area contributed by atoms with Crippen LogP contribution in [0.25, 0.3) is 22.8 Å². The van der Waals surface area contributed by atoms with Gasteiger partial charge in [-0.25, -0.2) is 0 Å². The van der Waals surface area contributed by atoms with Crippen LogP contribution in [0.1, 0.15) is 5.01 Å². The molecule has 1 amide bonds. The van der Waals surface area contributed by atoms with Gasteiger partial charge in [-0.15, -0.1) is 10.2 Å². The van der Waals surface area contributed by atoms with E-state index < -0.39 is 0 Å². The van der Waals surface area contributed by atoms with Crippen LogP contribution in [0.2, 0.25) is 0 Å². The van der Waals surface area contributed by atoms with Gasteiger partial charge < -0.3 is 14.0 Å². The predicted octanol–water partition coefficient (Wildman–Crippen LogP) is 3.42. The van der Waals surface area contributed by atoms with Crippen LogP contribution in [0.4, 0.5) is 5.13 Å². The van der Waals surface area contributed by atoms with Crippen molar-refractivity contribution in [2.24, 2.45) is 0 Å². The molecule has 10 heteroatoms. The van der Waals surface area contributed by atoms with Crippen molar-refractivity contribution in [2.45, 2.75) is 6.61 Å². The Morgan fingerprint density at radius 2 is 1.90 bits per heavy atom. The number of hydrogen-bond acceptors (Lipinski definition) is 9. The van der Waals surface area contributed by atoms with Gasteiger partial charge in [0, 0.05) is 12.7 Å². The van der Waals surface area contributed by atoms with Gasteiger partial charge in [0.05, 0.1) is 5.56 Å². The van der Waals surface area contributed by atoms with Crippen LogP contribution in [-0.2, 0) is 16.1 Å². The first-order valence-corrected chi connectivity index (χ1v) is 9.77. The highest BCUT2D eigenvalue weighted by molar-refractivity contribution is 7.15. The molecule has 0 radical (unpaired) electrons. The van der Waals surface area contributed by atoms with Crippen molar-refractivity contribution in [3.05, 3.63) is 59.6 Å². The number of ether oxygens (including phenoxy) is 2. The quantitative estimate of drug-likeness (QED) is 0.459. The highest BCUT2D eigenvalue weighted by atomic mass is 32.1. The first-order chi connectivity index (χ1) is 14.7. The molecule has 2 aromatic heterocycles. The summed E-state index contributed by atoms with van der Waals surface area (Å²) in [5, 5.41) is 15.5. The van der Waals surface area contributed by atoms with E-state index >= 15 is 0 Å². The van der Waals surface area contributed by atoms with Gasteiger partial charge in [-0.1, -0.05) is 59.0 Å². The lowest BCUT2D eigenvalue weighted by atomic mass is 10.2. The zero-order valence-corrected chi connectivity index (χ0v) is 16.8. The molecule has 0 fully saturated rings. The zero-order valence-electron chi connectivity index (χ0n) is 15.9. The van der Waals surface area contributed by atoms with Gasteiger partial charge in [0.1, 0.15) is 17.4 Å². The minimum atomic E-state index is -0.361. The fraction of sp³-hybridized carbons (Fsp3) is 0.150. The molecule has 0 bridgehead atoms. The summed E-state index contributed by atoms with van der Waals surface area (Å²) < 4.78 is 16.1. The van der Waals surface area contributed by atoms with E-state index in [0.717, 1.165) is 5.56 Å². The number of anilines is 1. The Labute approximate surface area is 175 Å². The van der Waals surface area contributed by atoms with Gasteiger partial charge in [-0.2, -0.15) is 4.98 Å². The molecule has 9 nitrogen and oxygen atoms in total. The maximum Gasteiger partial charge on any atom is 0.264 e. The molecule has 2 aromatic carbocycles. The number of rotatable bonds is 8. The Morgan fingerprint density at radius 3 is 2.73 bits per heavy atom. The molecule has 0 atom stereocenters. The fourth-order valence-corrected chi connectivity index (χ4v) is 3.32. The number of hydrogen-bond donors (Lipinski definition) is 1. The number of nitrogens with one attached hydrogen (secondary N) is 1. The van der Waals surface area contributed by atoms with E-state index in [9.17, 15) is 4.79 Å². The second-order valence-corrected chi connectivity index (χ2v) is 7.12. The van der Waals surface area contributed by atoms with Crippen LogP contribution in [0, 0.1) is 0 Å². The third-order valence-corrected chi connectivity index (χ3v) is 4.73. The molecule has 30 heavy (non-hydrogen) atoms. The maximum atomic E-state index is 12.2. The molecule has 2 heterocycles. The van der Waals surface area contributed by atoms with Crippen LogP contribution < -0.4 is 10.1 Å². The van der Waals surface area contributed by atoms with Crippen molar-refractivity contribution in [2.75, 3.05) is 19.0 Å². The number of methoxy groups -OCH3 is 1. The van der Waals surface area contributed by atoms with Gasteiger partial charge in [-0.3, -0.25) is 10.1 Å². The number of para-hydroxylation sites is 1. The van der Waals surface area contributed by atoms with Gasteiger partial charge in [0.15, 0.2) is 6.61 Å². The second-order valence-electron chi connectivity index (χ2n) is 6.06. The van der Waals surface area contributed by atoms with Crippen molar-refractivity contribution in [1.82, 2.24) is 20.3 Å². The van der Waals surface area contributed by atoms with Crippen LogP contribution in [0.15, 0.2) is 59.1 Å². The van der Waals surface area contributed by atoms with Gasteiger partial charge in [0.2, 0.25) is 11.0 Å². The average molecular weight is 423 g/mol. The molecule has 0 aliphatic heterocycles. The Morgan fingerprint density at radius 1 is 1.10 bits per heavy atom. The summed E-state index contributed by atoms with van der Waals surface area (Å²) in [6, 6.07) is 16.7. The highest BCUT2D eigenvalue weighted by Crippen LogP contribution is 2.30. The Balaban J connectivity index is 1.43. The Hall–Kier alpha value is -3.63. The van der Waals surface area contributed by atoms with Crippen molar-refractivity contribution in [3.63, 3.8) is 0 Å². The van der Waals surface area contributed by atoms with Crippen LogP contribution in [0.5, 0.6) is 5.75 Å². The monoisotopic (exact) mass is 423 g/mol. The number of nitrogens with zero attached hydrogens (tertiary/aromatic N) is 4. The van der Waals surface area contributed by atoms with Crippen LogP contribution in [-0.4, -0.2) is 40.0 Å².